The molecule has 2 aromatic heterocycles. The summed E-state index contributed by atoms with van der Waals surface area (Å²) in [7, 11) is 1.47. The first kappa shape index (κ1) is 25.7. The Morgan fingerprint density at radius 1 is 1.02 bits per heavy atom. The summed E-state index contributed by atoms with van der Waals surface area (Å²) in [5, 5.41) is 13.9. The number of methoxy groups -OCH3 is 1. The van der Waals surface area contributed by atoms with Gasteiger partial charge >= 0.3 is 0 Å². The molecule has 9 heteroatoms. The van der Waals surface area contributed by atoms with Crippen LogP contribution in [0.4, 0.5) is 5.69 Å². The third kappa shape index (κ3) is 4.51. The van der Waals surface area contributed by atoms with E-state index < -0.39 is 23.5 Å². The standard InChI is InChI=1S/C31H22ClNO6S/c1-17-5-3-6-22(13-17)38-21-10-8-20(9-11-21)33-27(25-7-4-12-40-25)26(29(35)31(33)36)28(34)23-15-18-14-19(32)16-24(37-2)30(18)39-23/h3-16,27,35H,1-2H3. The Kier molecular flexibility index (Phi) is 6.57. The number of carbonyl (C=O) groups is 2. The second-order valence-electron chi connectivity index (χ2n) is 9.23. The minimum absolute atomic E-state index is 0.0461. The fraction of sp³-hybridized carbons (Fsp3) is 0.0968. The SMILES string of the molecule is COc1cc(Cl)cc2cc(C(=O)C3=C(O)C(=O)N(c4ccc(Oc5cccc(C)c5)cc4)C3c3cccs3)oc12. The van der Waals surface area contributed by atoms with E-state index in [1.807, 2.05) is 48.7 Å². The Labute approximate surface area is 238 Å². The first-order chi connectivity index (χ1) is 19.3. The number of ketones is 1. The molecule has 1 unspecified atom stereocenters. The number of hydrogen-bond acceptors (Lipinski definition) is 7. The Morgan fingerprint density at radius 2 is 1.82 bits per heavy atom. The van der Waals surface area contributed by atoms with Crippen molar-refractivity contribution in [1.29, 1.82) is 0 Å². The topological polar surface area (TPSA) is 89.2 Å². The molecule has 0 spiro atoms. The van der Waals surface area contributed by atoms with Crippen molar-refractivity contribution < 1.29 is 28.6 Å². The summed E-state index contributed by atoms with van der Waals surface area (Å²) in [5.74, 6) is -0.336. The van der Waals surface area contributed by atoms with Crippen LogP contribution < -0.4 is 14.4 Å². The third-order valence-corrected chi connectivity index (χ3v) is 7.74. The molecule has 1 amide bonds. The van der Waals surface area contributed by atoms with Crippen LogP contribution in [0, 0.1) is 6.92 Å². The predicted molar refractivity (Wildman–Crippen MR) is 154 cm³/mol. The van der Waals surface area contributed by atoms with Gasteiger partial charge in [0.25, 0.3) is 5.91 Å². The molecule has 0 radical (unpaired) electrons. The predicted octanol–water partition coefficient (Wildman–Crippen LogP) is 8.04. The number of thiophene rings is 1. The largest absolute Gasteiger partial charge is 0.503 e. The van der Waals surface area contributed by atoms with Crippen LogP contribution in [-0.2, 0) is 4.79 Å². The number of halogens is 1. The maximum absolute atomic E-state index is 13.8. The van der Waals surface area contributed by atoms with Gasteiger partial charge in [0.15, 0.2) is 22.9 Å². The van der Waals surface area contributed by atoms with Gasteiger partial charge in [0.1, 0.15) is 17.5 Å². The highest BCUT2D eigenvalue weighted by Gasteiger charge is 2.46. The number of aliphatic hydroxyl groups is 1. The van der Waals surface area contributed by atoms with Crippen molar-refractivity contribution in [3.05, 3.63) is 117 Å². The Morgan fingerprint density at radius 3 is 2.52 bits per heavy atom. The van der Waals surface area contributed by atoms with Crippen LogP contribution in [0.3, 0.4) is 0 Å². The molecule has 0 aliphatic carbocycles. The van der Waals surface area contributed by atoms with Crippen molar-refractivity contribution in [1.82, 2.24) is 0 Å². The summed E-state index contributed by atoms with van der Waals surface area (Å²) in [6.45, 7) is 1.98. The molecule has 5 aromatic rings. The van der Waals surface area contributed by atoms with Crippen molar-refractivity contribution >= 4 is 51.3 Å². The number of rotatable bonds is 7. The van der Waals surface area contributed by atoms with E-state index in [9.17, 15) is 14.7 Å². The number of nitrogens with zero attached hydrogens (tertiary/aromatic N) is 1. The molecule has 1 N–H and O–H groups in total. The second kappa shape index (κ2) is 10.2. The van der Waals surface area contributed by atoms with E-state index in [0.717, 1.165) is 5.56 Å². The van der Waals surface area contributed by atoms with Gasteiger partial charge < -0.3 is 19.0 Å². The molecule has 40 heavy (non-hydrogen) atoms. The van der Waals surface area contributed by atoms with Crippen LogP contribution in [0.25, 0.3) is 11.0 Å². The highest BCUT2D eigenvalue weighted by atomic mass is 35.5. The van der Waals surface area contributed by atoms with Crippen LogP contribution in [0.5, 0.6) is 17.2 Å². The lowest BCUT2D eigenvalue weighted by molar-refractivity contribution is -0.117. The number of hydrogen-bond donors (Lipinski definition) is 1. The van der Waals surface area contributed by atoms with Crippen LogP contribution in [0.15, 0.2) is 100.0 Å². The molecule has 1 aliphatic heterocycles. The number of aryl methyl sites for hydroxylation is 1. The summed E-state index contributed by atoms with van der Waals surface area (Å²) in [5.41, 5.74) is 1.83. The fourth-order valence-corrected chi connectivity index (χ4v) is 5.83. The molecule has 7 nitrogen and oxygen atoms in total. The maximum Gasteiger partial charge on any atom is 0.294 e. The van der Waals surface area contributed by atoms with Crippen molar-refractivity contribution in [2.45, 2.75) is 13.0 Å². The number of benzene rings is 3. The molecule has 1 atom stereocenters. The van der Waals surface area contributed by atoms with E-state index in [-0.39, 0.29) is 11.3 Å². The monoisotopic (exact) mass is 571 g/mol. The summed E-state index contributed by atoms with van der Waals surface area (Å²) < 4.78 is 17.2. The van der Waals surface area contributed by atoms with Gasteiger partial charge in [-0.15, -0.1) is 11.3 Å². The van der Waals surface area contributed by atoms with Crippen LogP contribution in [0.1, 0.15) is 27.0 Å². The van der Waals surface area contributed by atoms with Crippen molar-refractivity contribution in [3.8, 4) is 17.2 Å². The van der Waals surface area contributed by atoms with E-state index in [1.165, 1.54) is 29.4 Å². The van der Waals surface area contributed by atoms with Crippen molar-refractivity contribution in [3.63, 3.8) is 0 Å². The molecular formula is C31H22ClNO6S. The summed E-state index contributed by atoms with van der Waals surface area (Å²) in [6.07, 6.45) is 0. The Balaban J connectivity index is 1.37. The molecule has 1 aliphatic rings. The molecule has 0 bridgehead atoms. The van der Waals surface area contributed by atoms with Crippen LogP contribution >= 0.6 is 22.9 Å². The number of amides is 1. The number of aliphatic hydroxyl groups excluding tert-OH is 1. The Bertz CT molecular complexity index is 1790. The zero-order valence-corrected chi connectivity index (χ0v) is 23.0. The number of carbonyl (C=O) groups excluding carboxylic acids is 2. The molecule has 0 fully saturated rings. The number of Topliss-reactive ketones (excluding diaryl/α,β-unsaturated/α-hetero) is 1. The van der Waals surface area contributed by atoms with Gasteiger partial charge in [-0.05, 0) is 72.5 Å². The van der Waals surface area contributed by atoms with Crippen LogP contribution in [-0.4, -0.2) is 23.9 Å². The highest BCUT2D eigenvalue weighted by molar-refractivity contribution is 7.10. The summed E-state index contributed by atoms with van der Waals surface area (Å²) >= 11 is 7.56. The lowest BCUT2D eigenvalue weighted by Crippen LogP contribution is -2.30. The maximum atomic E-state index is 13.8. The number of furan rings is 1. The van der Waals surface area contributed by atoms with Crippen molar-refractivity contribution in [2.75, 3.05) is 12.0 Å². The minimum Gasteiger partial charge on any atom is -0.503 e. The molecule has 3 aromatic carbocycles. The van der Waals surface area contributed by atoms with Gasteiger partial charge in [0.05, 0.1) is 12.7 Å². The number of anilines is 1. The smallest absolute Gasteiger partial charge is 0.294 e. The second-order valence-corrected chi connectivity index (χ2v) is 10.6. The van der Waals surface area contributed by atoms with Gasteiger partial charge in [-0.1, -0.05) is 29.8 Å². The molecular weight excluding hydrogens is 550 g/mol. The fourth-order valence-electron chi connectivity index (χ4n) is 4.79. The lowest BCUT2D eigenvalue weighted by Gasteiger charge is -2.25. The molecule has 3 heterocycles. The lowest BCUT2D eigenvalue weighted by atomic mass is 10.00. The van der Waals surface area contributed by atoms with E-state index in [2.05, 4.69) is 0 Å². The quantitative estimate of drug-likeness (QED) is 0.199. The molecule has 200 valence electrons. The van der Waals surface area contributed by atoms with Crippen molar-refractivity contribution in [2.24, 2.45) is 0 Å². The van der Waals surface area contributed by atoms with Crippen LogP contribution in [0.2, 0.25) is 5.02 Å². The molecule has 6 rings (SSSR count). The average Bonchev–Trinajstić information content (AvgIpc) is 3.67. The Hall–Kier alpha value is -4.53. The summed E-state index contributed by atoms with van der Waals surface area (Å²) in [6, 6.07) is 22.1. The van der Waals surface area contributed by atoms with E-state index in [0.29, 0.717) is 43.8 Å². The minimum atomic E-state index is -0.859. The first-order valence-corrected chi connectivity index (χ1v) is 13.6. The number of ether oxygens (including phenoxy) is 2. The zero-order chi connectivity index (χ0) is 28.0. The average molecular weight is 572 g/mol. The number of fused-ring (bicyclic) bond motifs is 1. The van der Waals surface area contributed by atoms with E-state index >= 15 is 0 Å². The van der Waals surface area contributed by atoms with Gasteiger partial charge in [-0.2, -0.15) is 0 Å². The van der Waals surface area contributed by atoms with E-state index in [1.54, 1.807) is 36.4 Å². The normalized spacial score (nSPS) is 15.2. The first-order valence-electron chi connectivity index (χ1n) is 12.3. The van der Waals surface area contributed by atoms with Gasteiger partial charge in [0, 0.05) is 27.0 Å². The highest BCUT2D eigenvalue weighted by Crippen LogP contribution is 2.44. The summed E-state index contributed by atoms with van der Waals surface area (Å²) in [4.78, 5) is 29.4. The molecule has 0 saturated heterocycles. The zero-order valence-electron chi connectivity index (χ0n) is 21.4. The molecule has 0 saturated carbocycles. The van der Waals surface area contributed by atoms with Gasteiger partial charge in [-0.25, -0.2) is 0 Å². The van der Waals surface area contributed by atoms with Gasteiger partial charge in [-0.3, -0.25) is 14.5 Å². The third-order valence-electron chi connectivity index (χ3n) is 6.60. The van der Waals surface area contributed by atoms with E-state index in [4.69, 9.17) is 25.5 Å². The van der Waals surface area contributed by atoms with Gasteiger partial charge in [0.2, 0.25) is 5.78 Å².